The number of rotatable bonds is 3. The molecule has 2 aromatic rings. The molecule has 2 N–H and O–H groups in total. The molecule has 6 nitrogen and oxygen atoms in total. The molecule has 0 radical (unpaired) electrons. The van der Waals surface area contributed by atoms with Gasteiger partial charge < -0.3 is 15.2 Å². The number of pyridine rings is 1. The summed E-state index contributed by atoms with van der Waals surface area (Å²) in [5, 5.41) is 3.86. The van der Waals surface area contributed by atoms with E-state index in [4.69, 9.17) is 10.3 Å². The summed E-state index contributed by atoms with van der Waals surface area (Å²) < 4.78 is 4.97. The minimum atomic E-state index is -0.141. The fourth-order valence-corrected chi connectivity index (χ4v) is 1.78. The van der Waals surface area contributed by atoms with Gasteiger partial charge in [-0.3, -0.25) is 9.78 Å². The van der Waals surface area contributed by atoms with Crippen molar-refractivity contribution in [2.75, 3.05) is 12.8 Å². The van der Waals surface area contributed by atoms with Crippen molar-refractivity contribution in [2.45, 2.75) is 20.4 Å². The molecule has 0 fully saturated rings. The van der Waals surface area contributed by atoms with Crippen molar-refractivity contribution in [3.05, 3.63) is 41.0 Å². The number of aromatic nitrogens is 2. The first-order valence-corrected chi connectivity index (χ1v) is 5.87. The zero-order valence-electron chi connectivity index (χ0n) is 11.2. The first kappa shape index (κ1) is 13.1. The molecule has 0 bridgehead atoms. The summed E-state index contributed by atoms with van der Waals surface area (Å²) in [6.07, 6.45) is 1.53. The van der Waals surface area contributed by atoms with E-state index in [1.165, 1.54) is 6.20 Å². The Bertz CT molecular complexity index is 606. The van der Waals surface area contributed by atoms with E-state index in [0.717, 1.165) is 5.76 Å². The molecule has 0 unspecified atom stereocenters. The summed E-state index contributed by atoms with van der Waals surface area (Å²) in [6, 6.07) is 3.43. The number of hydrogen-bond donors (Lipinski definition) is 1. The number of hydrogen-bond acceptors (Lipinski definition) is 5. The van der Waals surface area contributed by atoms with E-state index in [1.807, 2.05) is 6.92 Å². The van der Waals surface area contributed by atoms with Crippen LogP contribution in [0.2, 0.25) is 0 Å². The highest BCUT2D eigenvalue weighted by molar-refractivity contribution is 5.95. The first-order chi connectivity index (χ1) is 8.97. The van der Waals surface area contributed by atoms with Crippen molar-refractivity contribution in [2.24, 2.45) is 0 Å². The number of nitrogens with zero attached hydrogens (tertiary/aromatic N) is 3. The Labute approximate surface area is 111 Å². The molecule has 0 atom stereocenters. The standard InChI is InChI=1S/C13H16N4O2/c1-8-4-11(16-19-8)7-17(3)13(18)12-5-10(14)6-15-9(12)2/h4-6H,7,14H2,1-3H3. The monoisotopic (exact) mass is 260 g/mol. The third-order valence-electron chi connectivity index (χ3n) is 2.76. The minimum absolute atomic E-state index is 0.141. The Morgan fingerprint density at radius 3 is 2.79 bits per heavy atom. The van der Waals surface area contributed by atoms with Gasteiger partial charge in [-0.05, 0) is 19.9 Å². The van der Waals surface area contributed by atoms with Gasteiger partial charge in [-0.2, -0.15) is 0 Å². The second kappa shape index (κ2) is 5.09. The molecule has 2 rings (SSSR count). The third-order valence-corrected chi connectivity index (χ3v) is 2.76. The molecule has 0 aromatic carbocycles. The average Bonchev–Trinajstić information content (AvgIpc) is 2.77. The van der Waals surface area contributed by atoms with Gasteiger partial charge in [0, 0.05) is 13.1 Å². The summed E-state index contributed by atoms with van der Waals surface area (Å²) in [6.45, 7) is 3.97. The fraction of sp³-hybridized carbons (Fsp3) is 0.308. The Morgan fingerprint density at radius 2 is 2.16 bits per heavy atom. The van der Waals surface area contributed by atoms with Crippen LogP contribution in [0.4, 0.5) is 5.69 Å². The highest BCUT2D eigenvalue weighted by Gasteiger charge is 2.16. The van der Waals surface area contributed by atoms with Crippen LogP contribution in [-0.2, 0) is 6.54 Å². The van der Waals surface area contributed by atoms with Crippen LogP contribution in [0, 0.1) is 13.8 Å². The zero-order chi connectivity index (χ0) is 14.0. The van der Waals surface area contributed by atoms with Crippen molar-refractivity contribution in [1.82, 2.24) is 15.0 Å². The molecule has 0 aliphatic carbocycles. The van der Waals surface area contributed by atoms with E-state index in [-0.39, 0.29) is 5.91 Å². The molecule has 0 aliphatic heterocycles. The maximum atomic E-state index is 12.3. The fourth-order valence-electron chi connectivity index (χ4n) is 1.78. The lowest BCUT2D eigenvalue weighted by Crippen LogP contribution is -2.27. The van der Waals surface area contributed by atoms with Gasteiger partial charge in [-0.25, -0.2) is 0 Å². The van der Waals surface area contributed by atoms with E-state index in [1.54, 1.807) is 31.0 Å². The summed E-state index contributed by atoms with van der Waals surface area (Å²) in [7, 11) is 1.70. The van der Waals surface area contributed by atoms with Gasteiger partial charge in [0.05, 0.1) is 29.7 Å². The first-order valence-electron chi connectivity index (χ1n) is 5.87. The molecular weight excluding hydrogens is 244 g/mol. The van der Waals surface area contributed by atoms with Crippen molar-refractivity contribution in [3.63, 3.8) is 0 Å². The molecule has 0 aliphatic rings. The SMILES string of the molecule is Cc1cc(CN(C)C(=O)c2cc(N)cnc2C)no1. The van der Waals surface area contributed by atoms with Crippen molar-refractivity contribution >= 4 is 11.6 Å². The lowest BCUT2D eigenvalue weighted by Gasteiger charge is -2.16. The van der Waals surface area contributed by atoms with E-state index in [0.29, 0.717) is 29.2 Å². The number of carbonyl (C=O) groups excluding carboxylic acids is 1. The number of anilines is 1. The van der Waals surface area contributed by atoms with E-state index in [9.17, 15) is 4.79 Å². The van der Waals surface area contributed by atoms with E-state index < -0.39 is 0 Å². The van der Waals surface area contributed by atoms with Crippen LogP contribution in [0.1, 0.15) is 27.5 Å². The highest BCUT2D eigenvalue weighted by atomic mass is 16.5. The van der Waals surface area contributed by atoms with Gasteiger partial charge in [0.25, 0.3) is 5.91 Å². The van der Waals surface area contributed by atoms with Gasteiger partial charge in [0.2, 0.25) is 0 Å². The maximum Gasteiger partial charge on any atom is 0.255 e. The van der Waals surface area contributed by atoms with Crippen LogP contribution in [-0.4, -0.2) is 28.0 Å². The third kappa shape index (κ3) is 2.90. The lowest BCUT2D eigenvalue weighted by molar-refractivity contribution is 0.0781. The van der Waals surface area contributed by atoms with Gasteiger partial charge in [0.1, 0.15) is 11.5 Å². The number of amides is 1. The summed E-state index contributed by atoms with van der Waals surface area (Å²) in [5.74, 6) is 0.579. The van der Waals surface area contributed by atoms with Crippen LogP contribution < -0.4 is 5.73 Å². The molecule has 0 spiro atoms. The van der Waals surface area contributed by atoms with Gasteiger partial charge >= 0.3 is 0 Å². The Kier molecular flexibility index (Phi) is 3.50. The predicted molar refractivity (Wildman–Crippen MR) is 70.4 cm³/mol. The van der Waals surface area contributed by atoms with Gasteiger partial charge in [-0.15, -0.1) is 0 Å². The normalized spacial score (nSPS) is 10.5. The lowest BCUT2D eigenvalue weighted by atomic mass is 10.1. The molecular formula is C13H16N4O2. The molecule has 6 heteroatoms. The molecule has 0 saturated carbocycles. The number of nitrogen functional groups attached to an aromatic ring is 1. The van der Waals surface area contributed by atoms with E-state index in [2.05, 4.69) is 10.1 Å². The van der Waals surface area contributed by atoms with Gasteiger partial charge in [0.15, 0.2) is 0 Å². The summed E-state index contributed by atoms with van der Waals surface area (Å²) in [5.41, 5.74) is 8.00. The van der Waals surface area contributed by atoms with Crippen LogP contribution in [0.5, 0.6) is 0 Å². The largest absolute Gasteiger partial charge is 0.397 e. The molecule has 19 heavy (non-hydrogen) atoms. The zero-order valence-corrected chi connectivity index (χ0v) is 11.2. The molecule has 0 saturated heterocycles. The summed E-state index contributed by atoms with van der Waals surface area (Å²) in [4.78, 5) is 17.9. The highest BCUT2D eigenvalue weighted by Crippen LogP contribution is 2.13. The Balaban J connectivity index is 2.16. The van der Waals surface area contributed by atoms with E-state index >= 15 is 0 Å². The second-order valence-electron chi connectivity index (χ2n) is 4.49. The number of aryl methyl sites for hydroxylation is 2. The second-order valence-corrected chi connectivity index (χ2v) is 4.49. The predicted octanol–water partition coefficient (Wildman–Crippen LogP) is 1.54. The van der Waals surface area contributed by atoms with Crippen molar-refractivity contribution < 1.29 is 9.32 Å². The quantitative estimate of drug-likeness (QED) is 0.904. The maximum absolute atomic E-state index is 12.3. The van der Waals surface area contributed by atoms with Crippen LogP contribution >= 0.6 is 0 Å². The molecule has 2 heterocycles. The summed E-state index contributed by atoms with van der Waals surface area (Å²) >= 11 is 0. The van der Waals surface area contributed by atoms with Crippen LogP contribution in [0.25, 0.3) is 0 Å². The van der Waals surface area contributed by atoms with Gasteiger partial charge in [-0.1, -0.05) is 5.16 Å². The molecule has 2 aromatic heterocycles. The van der Waals surface area contributed by atoms with Crippen molar-refractivity contribution in [1.29, 1.82) is 0 Å². The number of carbonyl (C=O) groups is 1. The van der Waals surface area contributed by atoms with Crippen molar-refractivity contribution in [3.8, 4) is 0 Å². The topological polar surface area (TPSA) is 85.2 Å². The molecule has 1 amide bonds. The minimum Gasteiger partial charge on any atom is -0.397 e. The Morgan fingerprint density at radius 1 is 1.42 bits per heavy atom. The smallest absolute Gasteiger partial charge is 0.255 e. The van der Waals surface area contributed by atoms with Crippen LogP contribution in [0.3, 0.4) is 0 Å². The average molecular weight is 260 g/mol. The molecule has 100 valence electrons. The Hall–Kier alpha value is -2.37. The number of nitrogens with two attached hydrogens (primary N) is 1. The van der Waals surface area contributed by atoms with Crippen LogP contribution in [0.15, 0.2) is 22.9 Å².